The van der Waals surface area contributed by atoms with Crippen molar-refractivity contribution in [1.82, 2.24) is 9.80 Å². The van der Waals surface area contributed by atoms with Crippen LogP contribution < -0.4 is 0 Å². The molecule has 0 fully saturated rings. The maximum absolute atomic E-state index is 12.4. The first-order valence-corrected chi connectivity index (χ1v) is 11.4. The number of rotatable bonds is 4. The lowest BCUT2D eigenvalue weighted by Gasteiger charge is -2.28. The van der Waals surface area contributed by atoms with E-state index in [-0.39, 0.29) is 33.1 Å². The van der Waals surface area contributed by atoms with Crippen LogP contribution >= 0.6 is 0 Å². The molecule has 0 N–H and O–H groups in total. The molecule has 10 nitrogen and oxygen atoms in total. The Balaban J connectivity index is 0.000000272. The first-order valence-electron chi connectivity index (χ1n) is 14.4. The molecule has 1 atom stereocenters. The van der Waals surface area contributed by atoms with E-state index >= 15 is 0 Å². The summed E-state index contributed by atoms with van der Waals surface area (Å²) in [6, 6.07) is 12.1. The van der Waals surface area contributed by atoms with E-state index in [2.05, 4.69) is 0 Å². The SMILES string of the molecule is CC(C)C=O.[2H]C([2H])([2H])C(=O)N1C(=O)c2ccccc2C1=O.[2H]C([2H])([2H])C(=O)OC(C(C)C)N1C(=O)c2ccccc2C1=O. The van der Waals surface area contributed by atoms with Crippen LogP contribution in [0.5, 0.6) is 0 Å². The maximum atomic E-state index is 12.4. The highest BCUT2D eigenvalue weighted by molar-refractivity contribution is 6.28. The van der Waals surface area contributed by atoms with Crippen LogP contribution in [-0.2, 0) is 19.1 Å². The first-order chi connectivity index (χ1) is 20.2. The number of ether oxygens (including phenoxy) is 1. The van der Waals surface area contributed by atoms with E-state index in [1.54, 1.807) is 26.0 Å². The summed E-state index contributed by atoms with van der Waals surface area (Å²) in [7, 11) is 0. The molecule has 0 aliphatic carbocycles. The van der Waals surface area contributed by atoms with Gasteiger partial charge in [-0.25, -0.2) is 9.80 Å². The highest BCUT2D eigenvalue weighted by Crippen LogP contribution is 2.27. The number of fused-ring (bicyclic) bond motifs is 2. The largest absolute Gasteiger partial charge is 0.441 e. The number of hydrogen-bond acceptors (Lipinski definition) is 8. The molecular weight excluding hydrogens is 492 g/mol. The minimum Gasteiger partial charge on any atom is -0.441 e. The molecule has 38 heavy (non-hydrogen) atoms. The second-order valence-electron chi connectivity index (χ2n) is 8.74. The summed E-state index contributed by atoms with van der Waals surface area (Å²) in [5.74, 6) is -6.12. The van der Waals surface area contributed by atoms with E-state index in [1.165, 1.54) is 36.4 Å². The fraction of sp³-hybridized carbons (Fsp3) is 0.321. The summed E-state index contributed by atoms with van der Waals surface area (Å²) >= 11 is 0. The number of amides is 5. The topological polar surface area (TPSA) is 135 Å². The first kappa shape index (κ1) is 21.6. The number of nitrogens with zero attached hydrogens (tertiary/aromatic N) is 2. The quantitative estimate of drug-likeness (QED) is 0.334. The standard InChI is InChI=1S/C14H15NO4.C10H7NO3.C4H8O/c1-8(2)14(19-9(3)16)15-12(17)10-6-4-5-7-11(10)13(15)18;1-6(12)11-9(13)7-4-2-3-5-8(7)10(11)14;1-4(2)3-5/h4-8,14H,1-3H3;2-5H,1H3;3-4H,1-2H3/i3D3;1D3;. The zero-order valence-corrected chi connectivity index (χ0v) is 21.1. The molecule has 0 bridgehead atoms. The Morgan fingerprint density at radius 2 is 1.16 bits per heavy atom. The maximum Gasteiger partial charge on any atom is 0.304 e. The molecule has 0 aromatic heterocycles. The van der Waals surface area contributed by atoms with Crippen LogP contribution in [0.15, 0.2) is 48.5 Å². The van der Waals surface area contributed by atoms with Gasteiger partial charge in [-0.05, 0) is 24.3 Å². The molecule has 10 heteroatoms. The number of esters is 1. The highest BCUT2D eigenvalue weighted by Gasteiger charge is 2.42. The molecule has 2 aromatic carbocycles. The zero-order chi connectivity index (χ0) is 33.7. The number of carbonyl (C=O) groups excluding carboxylic acids is 7. The number of hydrogen-bond donors (Lipinski definition) is 0. The highest BCUT2D eigenvalue weighted by atomic mass is 16.6. The van der Waals surface area contributed by atoms with E-state index in [9.17, 15) is 33.6 Å². The van der Waals surface area contributed by atoms with Crippen molar-refractivity contribution >= 4 is 41.8 Å². The summed E-state index contributed by atoms with van der Waals surface area (Å²) in [5.41, 5.74) is 0.524. The van der Waals surface area contributed by atoms with Crippen molar-refractivity contribution in [2.24, 2.45) is 11.8 Å². The van der Waals surface area contributed by atoms with Crippen LogP contribution in [0, 0.1) is 11.8 Å². The minimum atomic E-state index is -3.01. The third-order valence-electron chi connectivity index (χ3n) is 5.15. The fourth-order valence-electron chi connectivity index (χ4n) is 3.41. The van der Waals surface area contributed by atoms with Gasteiger partial charge in [-0.3, -0.25) is 28.8 Å². The summed E-state index contributed by atoms with van der Waals surface area (Å²) in [4.78, 5) is 81.7. The molecule has 0 saturated carbocycles. The van der Waals surface area contributed by atoms with Gasteiger partial charge in [0.2, 0.25) is 5.91 Å². The van der Waals surface area contributed by atoms with Gasteiger partial charge in [-0.2, -0.15) is 0 Å². The molecular formula is C28H30N2O8. The van der Waals surface area contributed by atoms with Crippen LogP contribution in [0.2, 0.25) is 0 Å². The van der Waals surface area contributed by atoms with Crippen molar-refractivity contribution in [3.63, 3.8) is 0 Å². The normalized spacial score (nSPS) is 17.3. The van der Waals surface area contributed by atoms with Gasteiger partial charge in [0.1, 0.15) is 6.29 Å². The lowest BCUT2D eigenvalue weighted by atomic mass is 10.1. The van der Waals surface area contributed by atoms with Crippen LogP contribution in [-0.4, -0.2) is 57.8 Å². The second kappa shape index (κ2) is 12.7. The molecule has 2 heterocycles. The third-order valence-corrected chi connectivity index (χ3v) is 5.15. The van der Waals surface area contributed by atoms with E-state index in [1.807, 2.05) is 13.8 Å². The second-order valence-corrected chi connectivity index (χ2v) is 8.74. The van der Waals surface area contributed by atoms with Gasteiger partial charge in [-0.15, -0.1) is 0 Å². The van der Waals surface area contributed by atoms with Crippen LogP contribution in [0.1, 0.15) is 91.1 Å². The molecule has 0 saturated heterocycles. The minimum absolute atomic E-state index is 0.0510. The van der Waals surface area contributed by atoms with Crippen molar-refractivity contribution in [1.29, 1.82) is 0 Å². The van der Waals surface area contributed by atoms with Crippen LogP contribution in [0.4, 0.5) is 0 Å². The number of imide groups is 4. The predicted octanol–water partition coefficient (Wildman–Crippen LogP) is 3.50. The summed E-state index contributed by atoms with van der Waals surface area (Å²) in [6.45, 7) is 1.00. The van der Waals surface area contributed by atoms with E-state index in [0.717, 1.165) is 11.2 Å². The fourth-order valence-corrected chi connectivity index (χ4v) is 3.41. The Kier molecular flexibility index (Phi) is 7.20. The number of benzene rings is 2. The van der Waals surface area contributed by atoms with Gasteiger partial charge >= 0.3 is 5.97 Å². The molecule has 1 unspecified atom stereocenters. The Morgan fingerprint density at radius 1 is 0.763 bits per heavy atom. The predicted molar refractivity (Wildman–Crippen MR) is 136 cm³/mol. The van der Waals surface area contributed by atoms with Gasteiger partial charge in [-0.1, -0.05) is 52.0 Å². The molecule has 0 radical (unpaired) electrons. The zero-order valence-electron chi connectivity index (χ0n) is 27.1. The lowest BCUT2D eigenvalue weighted by Crippen LogP contribution is -2.45. The number of aldehydes is 1. The van der Waals surface area contributed by atoms with Crippen molar-refractivity contribution in [3.05, 3.63) is 70.8 Å². The summed E-state index contributed by atoms with van der Waals surface area (Å²) < 4.78 is 46.8. The Labute approximate surface area is 229 Å². The van der Waals surface area contributed by atoms with Gasteiger partial charge in [0, 0.05) is 33.8 Å². The summed E-state index contributed by atoms with van der Waals surface area (Å²) in [6.07, 6.45) is -0.347. The number of carbonyl (C=O) groups is 7. The van der Waals surface area contributed by atoms with Crippen molar-refractivity contribution < 1.29 is 46.5 Å². The van der Waals surface area contributed by atoms with Gasteiger partial charge in [0.05, 0.1) is 22.3 Å². The smallest absolute Gasteiger partial charge is 0.304 e. The van der Waals surface area contributed by atoms with Crippen LogP contribution in [0.3, 0.4) is 0 Å². The van der Waals surface area contributed by atoms with Gasteiger partial charge in [0.25, 0.3) is 23.6 Å². The summed E-state index contributed by atoms with van der Waals surface area (Å²) in [5, 5.41) is 0. The monoisotopic (exact) mass is 528 g/mol. The average Bonchev–Trinajstić information content (AvgIpc) is 3.35. The van der Waals surface area contributed by atoms with E-state index in [0.29, 0.717) is 0 Å². The molecule has 2 aliphatic rings. The molecule has 0 spiro atoms. The van der Waals surface area contributed by atoms with E-state index in [4.69, 9.17) is 13.0 Å². The molecule has 200 valence electrons. The Hall–Kier alpha value is -4.47. The third kappa shape index (κ3) is 6.44. The Bertz CT molecular complexity index is 1410. The van der Waals surface area contributed by atoms with Gasteiger partial charge in [0.15, 0.2) is 6.23 Å². The molecule has 5 amide bonds. The van der Waals surface area contributed by atoms with Gasteiger partial charge < -0.3 is 9.53 Å². The Morgan fingerprint density at radius 3 is 1.47 bits per heavy atom. The van der Waals surface area contributed by atoms with E-state index < -0.39 is 61.4 Å². The average molecular weight is 529 g/mol. The molecule has 2 aromatic rings. The van der Waals surface area contributed by atoms with Crippen molar-refractivity contribution in [3.8, 4) is 0 Å². The van der Waals surface area contributed by atoms with Crippen molar-refractivity contribution in [2.45, 2.75) is 47.6 Å². The van der Waals surface area contributed by atoms with Crippen LogP contribution in [0.25, 0.3) is 0 Å². The lowest BCUT2D eigenvalue weighted by molar-refractivity contribution is -0.155. The molecule has 4 rings (SSSR count). The molecule has 2 aliphatic heterocycles. The van der Waals surface area contributed by atoms with Crippen molar-refractivity contribution in [2.75, 3.05) is 0 Å².